The zero-order chi connectivity index (χ0) is 18.8. The SMILES string of the molecule is CCC(/C=C(/N)C1CCCCC1)=N\N=C(\C=C(\N)C1CCCCC1)CC. The maximum atomic E-state index is 6.34. The predicted octanol–water partition coefficient (Wildman–Crippen LogP) is 5.45. The normalized spacial score (nSPS) is 22.7. The van der Waals surface area contributed by atoms with Crippen LogP contribution in [0.15, 0.2) is 33.7 Å². The summed E-state index contributed by atoms with van der Waals surface area (Å²) in [5.41, 5.74) is 16.6. The number of nitrogens with two attached hydrogens (primary N) is 2. The van der Waals surface area contributed by atoms with Crippen LogP contribution in [0.4, 0.5) is 0 Å². The van der Waals surface area contributed by atoms with Crippen LogP contribution in [0.5, 0.6) is 0 Å². The van der Waals surface area contributed by atoms with Gasteiger partial charge in [0.2, 0.25) is 0 Å². The molecule has 4 nitrogen and oxygen atoms in total. The van der Waals surface area contributed by atoms with Gasteiger partial charge in [0.1, 0.15) is 0 Å². The van der Waals surface area contributed by atoms with E-state index in [4.69, 9.17) is 11.5 Å². The summed E-state index contributed by atoms with van der Waals surface area (Å²) < 4.78 is 0. The maximum Gasteiger partial charge on any atom is 0.0645 e. The van der Waals surface area contributed by atoms with Crippen molar-refractivity contribution in [1.82, 2.24) is 0 Å². The lowest BCUT2D eigenvalue weighted by Gasteiger charge is -2.22. The van der Waals surface area contributed by atoms with E-state index in [0.29, 0.717) is 11.8 Å². The van der Waals surface area contributed by atoms with Crippen LogP contribution in [0, 0.1) is 11.8 Å². The van der Waals surface area contributed by atoms with E-state index >= 15 is 0 Å². The van der Waals surface area contributed by atoms with Crippen molar-refractivity contribution in [2.24, 2.45) is 33.5 Å². The van der Waals surface area contributed by atoms with Gasteiger partial charge in [0.15, 0.2) is 0 Å². The minimum absolute atomic E-state index is 0.525. The van der Waals surface area contributed by atoms with Crippen molar-refractivity contribution in [3.8, 4) is 0 Å². The first-order chi connectivity index (χ1) is 12.6. The molecule has 0 spiro atoms. The monoisotopic (exact) mass is 358 g/mol. The molecule has 0 unspecified atom stereocenters. The Morgan fingerprint density at radius 2 is 1.04 bits per heavy atom. The summed E-state index contributed by atoms with van der Waals surface area (Å²) in [6.07, 6.45) is 18.5. The second-order valence-electron chi connectivity index (χ2n) is 7.85. The third-order valence-electron chi connectivity index (χ3n) is 5.85. The van der Waals surface area contributed by atoms with Crippen LogP contribution in [0.25, 0.3) is 0 Å². The Balaban J connectivity index is 2.07. The van der Waals surface area contributed by atoms with Gasteiger partial charge in [0.25, 0.3) is 0 Å². The highest BCUT2D eigenvalue weighted by molar-refractivity contribution is 5.98. The molecular formula is C22H38N4. The quantitative estimate of drug-likeness (QED) is 0.469. The van der Waals surface area contributed by atoms with Gasteiger partial charge in [-0.2, -0.15) is 10.2 Å². The van der Waals surface area contributed by atoms with Crippen molar-refractivity contribution in [2.45, 2.75) is 90.9 Å². The van der Waals surface area contributed by atoms with Gasteiger partial charge in [-0.25, -0.2) is 0 Å². The zero-order valence-corrected chi connectivity index (χ0v) is 16.8. The van der Waals surface area contributed by atoms with Gasteiger partial charge in [-0.3, -0.25) is 0 Å². The zero-order valence-electron chi connectivity index (χ0n) is 16.8. The van der Waals surface area contributed by atoms with Gasteiger partial charge < -0.3 is 11.5 Å². The third kappa shape index (κ3) is 6.62. The molecule has 2 aliphatic rings. The van der Waals surface area contributed by atoms with Gasteiger partial charge in [-0.15, -0.1) is 0 Å². The molecule has 0 aromatic heterocycles. The van der Waals surface area contributed by atoms with Crippen molar-refractivity contribution in [2.75, 3.05) is 0 Å². The first-order valence-electron chi connectivity index (χ1n) is 10.7. The van der Waals surface area contributed by atoms with Crippen LogP contribution >= 0.6 is 0 Å². The van der Waals surface area contributed by atoms with Crippen LogP contribution < -0.4 is 11.5 Å². The Kier molecular flexibility index (Phi) is 8.93. The summed E-state index contributed by atoms with van der Waals surface area (Å²) >= 11 is 0. The molecule has 0 aromatic rings. The summed E-state index contributed by atoms with van der Waals surface area (Å²) in [6.45, 7) is 4.22. The highest BCUT2D eigenvalue weighted by Gasteiger charge is 2.17. The largest absolute Gasteiger partial charge is 0.402 e. The van der Waals surface area contributed by atoms with E-state index in [1.165, 1.54) is 64.2 Å². The number of hydrogen-bond donors (Lipinski definition) is 2. The van der Waals surface area contributed by atoms with E-state index in [0.717, 1.165) is 35.7 Å². The molecule has 0 bridgehead atoms. The van der Waals surface area contributed by atoms with Gasteiger partial charge in [-0.1, -0.05) is 52.4 Å². The fourth-order valence-electron chi connectivity index (χ4n) is 4.02. The van der Waals surface area contributed by atoms with Crippen molar-refractivity contribution in [1.29, 1.82) is 0 Å². The molecule has 2 rings (SSSR count). The van der Waals surface area contributed by atoms with Crippen molar-refractivity contribution in [3.05, 3.63) is 23.5 Å². The van der Waals surface area contributed by atoms with Gasteiger partial charge in [-0.05, 0) is 62.5 Å². The lowest BCUT2D eigenvalue weighted by atomic mass is 9.86. The molecule has 0 saturated heterocycles. The fraction of sp³-hybridized carbons (Fsp3) is 0.727. The Morgan fingerprint density at radius 3 is 1.35 bits per heavy atom. The smallest absolute Gasteiger partial charge is 0.0645 e. The van der Waals surface area contributed by atoms with Crippen molar-refractivity contribution in [3.63, 3.8) is 0 Å². The summed E-state index contributed by atoms with van der Waals surface area (Å²) in [6, 6.07) is 0. The van der Waals surface area contributed by atoms with Crippen molar-refractivity contribution >= 4 is 11.4 Å². The highest BCUT2D eigenvalue weighted by Crippen LogP contribution is 2.28. The molecule has 0 amide bonds. The molecule has 26 heavy (non-hydrogen) atoms. The van der Waals surface area contributed by atoms with E-state index < -0.39 is 0 Å². The molecule has 0 heterocycles. The third-order valence-corrected chi connectivity index (χ3v) is 5.85. The minimum Gasteiger partial charge on any atom is -0.402 e. The van der Waals surface area contributed by atoms with Gasteiger partial charge in [0.05, 0.1) is 11.4 Å². The summed E-state index contributed by atoms with van der Waals surface area (Å²) in [4.78, 5) is 0. The number of hydrogen-bond acceptors (Lipinski definition) is 4. The second-order valence-corrected chi connectivity index (χ2v) is 7.85. The average Bonchev–Trinajstić information content (AvgIpc) is 2.70. The lowest BCUT2D eigenvalue weighted by molar-refractivity contribution is 0.400. The first kappa shape index (κ1) is 20.7. The Labute approximate surface area is 159 Å². The summed E-state index contributed by atoms with van der Waals surface area (Å²) in [5.74, 6) is 1.05. The summed E-state index contributed by atoms with van der Waals surface area (Å²) in [5, 5.41) is 8.99. The fourth-order valence-corrected chi connectivity index (χ4v) is 4.02. The second kappa shape index (κ2) is 11.2. The summed E-state index contributed by atoms with van der Waals surface area (Å²) in [7, 11) is 0. The molecule has 2 fully saturated rings. The van der Waals surface area contributed by atoms with Crippen molar-refractivity contribution < 1.29 is 0 Å². The lowest BCUT2D eigenvalue weighted by Crippen LogP contribution is -2.17. The van der Waals surface area contributed by atoms with E-state index in [-0.39, 0.29) is 0 Å². The number of rotatable bonds is 7. The molecule has 4 heteroatoms. The molecular weight excluding hydrogens is 320 g/mol. The molecule has 4 N–H and O–H groups in total. The molecule has 0 aliphatic heterocycles. The Bertz CT molecular complexity index is 494. The topological polar surface area (TPSA) is 76.8 Å². The van der Waals surface area contributed by atoms with Crippen LogP contribution in [0.2, 0.25) is 0 Å². The average molecular weight is 359 g/mol. The van der Waals surface area contributed by atoms with Crippen LogP contribution in [-0.4, -0.2) is 11.4 Å². The number of allylic oxidation sites excluding steroid dienone is 4. The first-order valence-corrected chi connectivity index (χ1v) is 10.7. The number of nitrogens with zero attached hydrogens (tertiary/aromatic N) is 2. The van der Waals surface area contributed by atoms with Gasteiger partial charge >= 0.3 is 0 Å². The molecule has 2 aliphatic carbocycles. The predicted molar refractivity (Wildman–Crippen MR) is 113 cm³/mol. The molecule has 0 aromatic carbocycles. The molecule has 146 valence electrons. The van der Waals surface area contributed by atoms with E-state index in [2.05, 4.69) is 36.2 Å². The Hall–Kier alpha value is -1.58. The maximum absolute atomic E-state index is 6.34. The van der Waals surface area contributed by atoms with Crippen LogP contribution in [0.1, 0.15) is 90.9 Å². The highest BCUT2D eigenvalue weighted by atomic mass is 15.2. The molecule has 0 radical (unpaired) electrons. The van der Waals surface area contributed by atoms with E-state index in [1.807, 2.05) is 0 Å². The van der Waals surface area contributed by atoms with E-state index in [9.17, 15) is 0 Å². The standard InChI is InChI=1S/C22H38N4/c1-3-19(15-21(23)17-11-7-5-8-12-17)25-26-20(4-2)16-22(24)18-13-9-6-10-14-18/h15-18H,3-14,23-24H2,1-2H3/b21-15+,22-16+,25-19+,26-20+. The minimum atomic E-state index is 0.525. The molecule has 2 saturated carbocycles. The van der Waals surface area contributed by atoms with Crippen LogP contribution in [-0.2, 0) is 0 Å². The molecule has 0 atom stereocenters. The van der Waals surface area contributed by atoms with Gasteiger partial charge in [0, 0.05) is 11.4 Å². The van der Waals surface area contributed by atoms with E-state index in [1.54, 1.807) is 0 Å². The van der Waals surface area contributed by atoms with Crippen LogP contribution in [0.3, 0.4) is 0 Å². The Morgan fingerprint density at radius 1 is 0.692 bits per heavy atom.